The van der Waals surface area contributed by atoms with Gasteiger partial charge in [0.05, 0.1) is 6.54 Å². The van der Waals surface area contributed by atoms with E-state index in [1.54, 1.807) is 0 Å². The van der Waals surface area contributed by atoms with Gasteiger partial charge in [-0.05, 0) is 25.2 Å². The largest absolute Gasteiger partial charge is 0.362 e. The minimum absolute atomic E-state index is 0.719. The average Bonchev–Trinajstić information content (AvgIpc) is 2.51. The van der Waals surface area contributed by atoms with Crippen molar-refractivity contribution in [3.63, 3.8) is 0 Å². The normalized spacial score (nSPS) is 36.4. The molecule has 0 radical (unpaired) electrons. The van der Waals surface area contributed by atoms with Crippen molar-refractivity contribution in [2.24, 2.45) is 10.9 Å². The third-order valence-electron chi connectivity index (χ3n) is 3.03. The van der Waals surface area contributed by atoms with Gasteiger partial charge in [-0.2, -0.15) is 0 Å². The zero-order valence-electron chi connectivity index (χ0n) is 9.12. The highest BCUT2D eigenvalue weighted by Crippen LogP contribution is 2.29. The number of rotatable bonds is 3. The first-order valence-corrected chi connectivity index (χ1v) is 6.63. The summed E-state index contributed by atoms with van der Waals surface area (Å²) in [5.74, 6) is 0.922. The van der Waals surface area contributed by atoms with E-state index in [1.807, 2.05) is 11.8 Å². The van der Waals surface area contributed by atoms with E-state index in [9.17, 15) is 0 Å². The van der Waals surface area contributed by atoms with Gasteiger partial charge in [-0.15, -0.1) is 0 Å². The molecule has 1 atom stereocenters. The maximum Gasteiger partial charge on any atom is 0.157 e. The number of amidine groups is 1. The zero-order chi connectivity index (χ0) is 9.97. The summed E-state index contributed by atoms with van der Waals surface area (Å²) in [6.45, 7) is 5.60. The summed E-state index contributed by atoms with van der Waals surface area (Å²) < 4.78 is 0. The lowest BCUT2D eigenvalue weighted by Gasteiger charge is -2.33. The van der Waals surface area contributed by atoms with E-state index >= 15 is 0 Å². The Morgan fingerprint density at radius 1 is 1.50 bits per heavy atom. The van der Waals surface area contributed by atoms with Crippen molar-refractivity contribution >= 4 is 16.9 Å². The number of thioether (sulfide) groups is 1. The Balaban J connectivity index is 1.68. The van der Waals surface area contributed by atoms with Gasteiger partial charge in [0.2, 0.25) is 0 Å². The number of hydrogen-bond acceptors (Lipinski definition) is 3. The first kappa shape index (κ1) is 10.3. The van der Waals surface area contributed by atoms with Gasteiger partial charge < -0.3 is 5.32 Å². The van der Waals surface area contributed by atoms with Crippen LogP contribution in [-0.2, 0) is 0 Å². The van der Waals surface area contributed by atoms with Crippen LogP contribution in [-0.4, -0.2) is 23.0 Å². The molecule has 1 heterocycles. The second kappa shape index (κ2) is 4.56. The van der Waals surface area contributed by atoms with Gasteiger partial charge in [0.15, 0.2) is 5.17 Å². The molecule has 0 aromatic rings. The summed E-state index contributed by atoms with van der Waals surface area (Å²) in [6, 6.07) is 0.719. The smallest absolute Gasteiger partial charge is 0.157 e. The average molecular weight is 212 g/mol. The second-order valence-electron chi connectivity index (χ2n) is 4.59. The Bertz CT molecular complexity index is 221. The molecule has 1 saturated carbocycles. The van der Waals surface area contributed by atoms with Crippen LogP contribution in [0, 0.1) is 5.92 Å². The summed E-state index contributed by atoms with van der Waals surface area (Å²) in [5, 5.41) is 5.51. The van der Waals surface area contributed by atoms with Gasteiger partial charge in [0.1, 0.15) is 0 Å². The van der Waals surface area contributed by atoms with Gasteiger partial charge in [-0.1, -0.05) is 32.0 Å². The van der Waals surface area contributed by atoms with Crippen LogP contribution in [0.4, 0.5) is 0 Å². The SMILES string of the molecule is CCCC1CN=C(NC2CC(C)C2)S1. The Kier molecular flexibility index (Phi) is 3.37. The maximum absolute atomic E-state index is 4.55. The van der Waals surface area contributed by atoms with E-state index in [2.05, 4.69) is 24.2 Å². The van der Waals surface area contributed by atoms with E-state index in [4.69, 9.17) is 0 Å². The standard InChI is InChI=1S/C11H20N2S/c1-3-4-10-7-12-11(14-10)13-9-5-8(2)6-9/h8-10H,3-7H2,1-2H3,(H,12,13). The minimum atomic E-state index is 0.719. The highest BCUT2D eigenvalue weighted by atomic mass is 32.2. The van der Waals surface area contributed by atoms with Crippen LogP contribution in [0.3, 0.4) is 0 Å². The van der Waals surface area contributed by atoms with Crippen molar-refractivity contribution < 1.29 is 0 Å². The molecule has 1 fully saturated rings. The molecule has 0 bridgehead atoms. The van der Waals surface area contributed by atoms with Gasteiger partial charge in [-0.25, -0.2) is 0 Å². The molecule has 1 N–H and O–H groups in total. The van der Waals surface area contributed by atoms with E-state index in [1.165, 1.54) is 30.9 Å². The summed E-state index contributed by atoms with van der Waals surface area (Å²) >= 11 is 1.95. The predicted octanol–water partition coefficient (Wildman–Crippen LogP) is 2.65. The molecule has 2 nitrogen and oxygen atoms in total. The van der Waals surface area contributed by atoms with E-state index in [0.29, 0.717) is 0 Å². The summed E-state index contributed by atoms with van der Waals surface area (Å²) in [6.07, 6.45) is 5.25. The first-order valence-electron chi connectivity index (χ1n) is 5.75. The fourth-order valence-corrected chi connectivity index (χ4v) is 3.37. The third kappa shape index (κ3) is 2.44. The fourth-order valence-electron chi connectivity index (χ4n) is 2.16. The first-order chi connectivity index (χ1) is 6.78. The quantitative estimate of drug-likeness (QED) is 0.778. The lowest BCUT2D eigenvalue weighted by atomic mass is 9.82. The molecule has 80 valence electrons. The van der Waals surface area contributed by atoms with Crippen LogP contribution in [0.1, 0.15) is 39.5 Å². The number of nitrogens with one attached hydrogen (secondary N) is 1. The molecule has 1 aliphatic carbocycles. The molecular weight excluding hydrogens is 192 g/mol. The molecule has 0 aromatic heterocycles. The van der Waals surface area contributed by atoms with Crippen LogP contribution in [0.2, 0.25) is 0 Å². The molecule has 2 aliphatic rings. The van der Waals surface area contributed by atoms with Crippen LogP contribution < -0.4 is 5.32 Å². The summed E-state index contributed by atoms with van der Waals surface area (Å²) in [4.78, 5) is 4.55. The van der Waals surface area contributed by atoms with E-state index in [-0.39, 0.29) is 0 Å². The fraction of sp³-hybridized carbons (Fsp3) is 0.909. The van der Waals surface area contributed by atoms with Gasteiger partial charge in [0.25, 0.3) is 0 Å². The number of nitrogens with zero attached hydrogens (tertiary/aromatic N) is 1. The van der Waals surface area contributed by atoms with Crippen molar-refractivity contribution in [3.05, 3.63) is 0 Å². The maximum atomic E-state index is 4.55. The highest BCUT2D eigenvalue weighted by molar-refractivity contribution is 8.14. The second-order valence-corrected chi connectivity index (χ2v) is 5.88. The molecule has 2 rings (SSSR count). The van der Waals surface area contributed by atoms with E-state index < -0.39 is 0 Å². The van der Waals surface area contributed by atoms with Crippen LogP contribution in [0.5, 0.6) is 0 Å². The molecule has 3 heteroatoms. The monoisotopic (exact) mass is 212 g/mol. The summed E-state index contributed by atoms with van der Waals surface area (Å²) in [7, 11) is 0. The lowest BCUT2D eigenvalue weighted by Crippen LogP contribution is -2.42. The molecule has 1 aliphatic heterocycles. The highest BCUT2D eigenvalue weighted by Gasteiger charge is 2.28. The number of hydrogen-bond donors (Lipinski definition) is 1. The van der Waals surface area contributed by atoms with Crippen LogP contribution in [0.15, 0.2) is 4.99 Å². The Morgan fingerprint density at radius 3 is 2.93 bits per heavy atom. The molecule has 0 spiro atoms. The Morgan fingerprint density at radius 2 is 2.29 bits per heavy atom. The lowest BCUT2D eigenvalue weighted by molar-refractivity contribution is 0.269. The Labute approximate surface area is 90.9 Å². The third-order valence-corrected chi connectivity index (χ3v) is 4.22. The van der Waals surface area contributed by atoms with Crippen molar-refractivity contribution in [2.75, 3.05) is 6.54 Å². The van der Waals surface area contributed by atoms with Gasteiger partial charge in [-0.3, -0.25) is 4.99 Å². The molecule has 0 aromatic carbocycles. The Hall–Kier alpha value is -0.180. The predicted molar refractivity (Wildman–Crippen MR) is 63.9 cm³/mol. The zero-order valence-corrected chi connectivity index (χ0v) is 9.94. The molecule has 0 saturated heterocycles. The minimum Gasteiger partial charge on any atom is -0.362 e. The molecular formula is C11H20N2S. The summed E-state index contributed by atoms with van der Waals surface area (Å²) in [5.41, 5.74) is 0. The van der Waals surface area contributed by atoms with Gasteiger partial charge in [0, 0.05) is 11.3 Å². The van der Waals surface area contributed by atoms with Crippen molar-refractivity contribution in [1.29, 1.82) is 0 Å². The van der Waals surface area contributed by atoms with E-state index in [0.717, 1.165) is 23.8 Å². The molecule has 1 unspecified atom stereocenters. The van der Waals surface area contributed by atoms with Crippen LogP contribution in [0.25, 0.3) is 0 Å². The molecule has 0 amide bonds. The van der Waals surface area contributed by atoms with Crippen molar-refractivity contribution in [3.8, 4) is 0 Å². The molecule has 14 heavy (non-hydrogen) atoms. The van der Waals surface area contributed by atoms with Crippen molar-refractivity contribution in [1.82, 2.24) is 5.32 Å². The topological polar surface area (TPSA) is 24.4 Å². The number of aliphatic imine (C=N–C) groups is 1. The van der Waals surface area contributed by atoms with Crippen molar-refractivity contribution in [2.45, 2.75) is 50.8 Å². The van der Waals surface area contributed by atoms with Crippen LogP contribution >= 0.6 is 11.8 Å². The van der Waals surface area contributed by atoms with Gasteiger partial charge >= 0.3 is 0 Å².